The third-order valence-corrected chi connectivity index (χ3v) is 8.89. The fraction of sp³-hybridized carbons (Fsp3) is 0.158. The molecule has 2 N–H and O–H groups in total. The first-order valence-electron chi connectivity index (χ1n) is 16.2. The second kappa shape index (κ2) is 13.6. The summed E-state index contributed by atoms with van der Waals surface area (Å²) in [5.74, 6) is -1.90. The number of aryl methyl sites for hydroxylation is 1. The highest BCUT2D eigenvalue weighted by Gasteiger charge is 2.44. The van der Waals surface area contributed by atoms with Crippen molar-refractivity contribution in [1.82, 2.24) is 20.5 Å². The Morgan fingerprint density at radius 1 is 0.882 bits per heavy atom. The zero-order valence-corrected chi connectivity index (χ0v) is 27.0. The number of furan rings is 1. The minimum Gasteiger partial charge on any atom is -0.463 e. The average molecular weight is 684 g/mol. The summed E-state index contributed by atoms with van der Waals surface area (Å²) >= 11 is 0. The monoisotopic (exact) mass is 683 g/mol. The second-order valence-corrected chi connectivity index (χ2v) is 12.2. The van der Waals surface area contributed by atoms with Crippen LogP contribution in [0.2, 0.25) is 0 Å². The maximum Gasteiger partial charge on any atom is 0.269 e. The van der Waals surface area contributed by atoms with E-state index >= 15 is 0 Å². The van der Waals surface area contributed by atoms with Gasteiger partial charge in [0, 0.05) is 36.2 Å². The number of imide groups is 2. The molecule has 5 aromatic rings. The molecule has 0 spiro atoms. The summed E-state index contributed by atoms with van der Waals surface area (Å²) < 4.78 is 5.58. The molecule has 2 aliphatic heterocycles. The number of carbonyl (C=O) groups excluding carboxylic acids is 5. The third-order valence-electron chi connectivity index (χ3n) is 8.89. The summed E-state index contributed by atoms with van der Waals surface area (Å²) in [5, 5.41) is 16.2. The minimum atomic E-state index is -1.02. The number of hydrogen-bond acceptors (Lipinski definition) is 9. The number of nitrogens with zero attached hydrogens (tertiary/aromatic N) is 3. The number of amides is 5. The molecule has 0 aliphatic carbocycles. The highest BCUT2D eigenvalue weighted by molar-refractivity contribution is 6.23. The van der Waals surface area contributed by atoms with Gasteiger partial charge in [0.05, 0.1) is 28.0 Å². The SMILES string of the molecule is O=C1CCC(N2C(=O)c3ccc(CCCNC(=O)c4ccc(-c5cc(-c6ccc([N+](=O)[O-])cc6)nc(-c6ccco6)c5)cc4)cc3C2=O)C(=O)N1. The molecule has 0 saturated carbocycles. The molecule has 1 saturated heterocycles. The van der Waals surface area contributed by atoms with E-state index in [0.29, 0.717) is 47.7 Å². The van der Waals surface area contributed by atoms with Gasteiger partial charge >= 0.3 is 0 Å². The van der Waals surface area contributed by atoms with Crippen LogP contribution in [0.3, 0.4) is 0 Å². The molecule has 13 nitrogen and oxygen atoms in total. The molecule has 13 heteroatoms. The summed E-state index contributed by atoms with van der Waals surface area (Å²) in [6.45, 7) is 0.363. The molecule has 1 unspecified atom stereocenters. The Labute approximate surface area is 290 Å². The van der Waals surface area contributed by atoms with Crippen LogP contribution in [0.5, 0.6) is 0 Å². The van der Waals surface area contributed by atoms with Crippen LogP contribution >= 0.6 is 0 Å². The number of hydrogen-bond donors (Lipinski definition) is 2. The Bertz CT molecular complexity index is 2210. The molecule has 0 bridgehead atoms. The van der Waals surface area contributed by atoms with E-state index in [0.717, 1.165) is 21.6 Å². The van der Waals surface area contributed by atoms with Crippen LogP contribution in [0, 0.1) is 10.1 Å². The van der Waals surface area contributed by atoms with Gasteiger partial charge in [0.25, 0.3) is 23.4 Å². The van der Waals surface area contributed by atoms with Crippen molar-refractivity contribution in [3.8, 4) is 33.8 Å². The molecule has 3 aromatic carbocycles. The number of pyridine rings is 1. The molecule has 51 heavy (non-hydrogen) atoms. The molecule has 0 radical (unpaired) electrons. The van der Waals surface area contributed by atoms with Crippen molar-refractivity contribution in [3.63, 3.8) is 0 Å². The lowest BCUT2D eigenvalue weighted by Crippen LogP contribution is -2.54. The highest BCUT2D eigenvalue weighted by Crippen LogP contribution is 2.32. The summed E-state index contributed by atoms with van der Waals surface area (Å²) in [6.07, 6.45) is 2.79. The van der Waals surface area contributed by atoms with Crippen LogP contribution in [0.4, 0.5) is 5.69 Å². The van der Waals surface area contributed by atoms with Crippen LogP contribution in [0.25, 0.3) is 33.8 Å². The summed E-state index contributed by atoms with van der Waals surface area (Å²) in [4.78, 5) is 79.2. The van der Waals surface area contributed by atoms with Gasteiger partial charge in [0.15, 0.2) is 5.76 Å². The van der Waals surface area contributed by atoms with E-state index in [1.165, 1.54) is 12.1 Å². The molecular formula is C38H29N5O8. The Morgan fingerprint density at radius 3 is 2.31 bits per heavy atom. The van der Waals surface area contributed by atoms with Crippen molar-refractivity contribution in [2.45, 2.75) is 31.7 Å². The standard InChI is InChI=1S/C38H29N5O8/c44-34-16-15-32(36(46)41-34)42-37(47)28-14-5-22(19-29(28)38(42)48)3-1-17-39-35(45)25-8-6-23(7-9-25)26-20-30(24-10-12-27(13-11-24)43(49)50)40-31(21-26)33-4-2-18-51-33/h2,4-14,18-21,32H,1,3,15-17H2,(H,39,45)(H,41,44,46). The maximum atomic E-state index is 13.1. The topological polar surface area (TPSA) is 182 Å². The van der Waals surface area contributed by atoms with Gasteiger partial charge in [-0.3, -0.25) is 44.3 Å². The van der Waals surface area contributed by atoms with Crippen molar-refractivity contribution in [2.75, 3.05) is 6.54 Å². The molecule has 2 aliphatic rings. The van der Waals surface area contributed by atoms with E-state index < -0.39 is 34.6 Å². The predicted molar refractivity (Wildman–Crippen MR) is 183 cm³/mol. The number of non-ortho nitro benzene ring substituents is 1. The first-order chi connectivity index (χ1) is 24.7. The summed E-state index contributed by atoms with van der Waals surface area (Å²) in [5.41, 5.74) is 5.20. The fourth-order valence-electron chi connectivity index (χ4n) is 6.23. The Kier molecular flexibility index (Phi) is 8.76. The van der Waals surface area contributed by atoms with Gasteiger partial charge in [-0.25, -0.2) is 4.98 Å². The van der Waals surface area contributed by atoms with Crippen LogP contribution < -0.4 is 10.6 Å². The van der Waals surface area contributed by atoms with E-state index in [1.54, 1.807) is 60.9 Å². The van der Waals surface area contributed by atoms with Gasteiger partial charge in [-0.2, -0.15) is 0 Å². The van der Waals surface area contributed by atoms with Crippen molar-refractivity contribution < 1.29 is 33.3 Å². The molecule has 1 fully saturated rings. The molecule has 1 atom stereocenters. The number of piperidine rings is 1. The lowest BCUT2D eigenvalue weighted by molar-refractivity contribution is -0.384. The van der Waals surface area contributed by atoms with Crippen LogP contribution in [-0.2, 0) is 16.0 Å². The zero-order valence-electron chi connectivity index (χ0n) is 27.0. The van der Waals surface area contributed by atoms with Gasteiger partial charge in [0.1, 0.15) is 11.7 Å². The Hall–Kier alpha value is -6.76. The molecule has 2 aromatic heterocycles. The number of nitro benzene ring substituents is 1. The summed E-state index contributed by atoms with van der Waals surface area (Å²) in [7, 11) is 0. The number of aromatic nitrogens is 1. The number of nitrogens with one attached hydrogen (secondary N) is 2. The van der Waals surface area contributed by atoms with Crippen LogP contribution in [-0.4, -0.2) is 56.9 Å². The van der Waals surface area contributed by atoms with E-state index in [4.69, 9.17) is 9.40 Å². The maximum absolute atomic E-state index is 13.1. The highest BCUT2D eigenvalue weighted by atomic mass is 16.6. The van der Waals surface area contributed by atoms with Crippen molar-refractivity contribution >= 4 is 35.2 Å². The smallest absolute Gasteiger partial charge is 0.269 e. The van der Waals surface area contributed by atoms with E-state index in [2.05, 4.69) is 10.6 Å². The number of rotatable bonds is 10. The van der Waals surface area contributed by atoms with Crippen LogP contribution in [0.15, 0.2) is 102 Å². The van der Waals surface area contributed by atoms with Crippen molar-refractivity contribution in [3.05, 3.63) is 130 Å². The third kappa shape index (κ3) is 6.64. The van der Waals surface area contributed by atoms with Gasteiger partial charge < -0.3 is 9.73 Å². The minimum absolute atomic E-state index is 0.0208. The van der Waals surface area contributed by atoms with Crippen molar-refractivity contribution in [2.24, 2.45) is 0 Å². The largest absolute Gasteiger partial charge is 0.463 e. The predicted octanol–water partition coefficient (Wildman–Crippen LogP) is 5.35. The van der Waals surface area contributed by atoms with Gasteiger partial charge in [-0.15, -0.1) is 0 Å². The molecule has 4 heterocycles. The number of fused-ring (bicyclic) bond motifs is 1. The zero-order chi connectivity index (χ0) is 35.6. The Balaban J connectivity index is 0.985. The van der Waals surface area contributed by atoms with Gasteiger partial charge in [-0.05, 0) is 96.6 Å². The number of nitro groups is 1. The lowest BCUT2D eigenvalue weighted by Gasteiger charge is -2.27. The van der Waals surface area contributed by atoms with E-state index in [1.807, 2.05) is 24.3 Å². The average Bonchev–Trinajstić information content (AvgIpc) is 3.77. The second-order valence-electron chi connectivity index (χ2n) is 12.2. The Morgan fingerprint density at radius 2 is 1.61 bits per heavy atom. The van der Waals surface area contributed by atoms with Gasteiger partial charge in [0.2, 0.25) is 11.8 Å². The fourth-order valence-corrected chi connectivity index (χ4v) is 6.23. The molecule has 5 amide bonds. The number of carbonyl (C=O) groups is 5. The first kappa shape index (κ1) is 32.8. The van der Waals surface area contributed by atoms with E-state index in [9.17, 15) is 34.1 Å². The summed E-state index contributed by atoms with van der Waals surface area (Å²) in [6, 6.07) is 24.5. The molecular weight excluding hydrogens is 654 g/mol. The van der Waals surface area contributed by atoms with Gasteiger partial charge in [-0.1, -0.05) is 18.2 Å². The first-order valence-corrected chi connectivity index (χ1v) is 16.2. The number of benzene rings is 3. The normalized spacial score (nSPS) is 15.5. The molecule has 254 valence electrons. The van der Waals surface area contributed by atoms with E-state index in [-0.39, 0.29) is 35.6 Å². The van der Waals surface area contributed by atoms with Crippen molar-refractivity contribution in [1.29, 1.82) is 0 Å². The lowest BCUT2D eigenvalue weighted by atomic mass is 10.00. The van der Waals surface area contributed by atoms with Crippen LogP contribution in [0.1, 0.15) is 55.9 Å². The quantitative estimate of drug-likeness (QED) is 0.0849. The molecule has 7 rings (SSSR count).